The Hall–Kier alpha value is -4.06. The van der Waals surface area contributed by atoms with Gasteiger partial charge < -0.3 is 14.8 Å². The third-order valence-electron chi connectivity index (χ3n) is 4.87. The van der Waals surface area contributed by atoms with E-state index in [0.717, 1.165) is 12.1 Å². The zero-order valence-corrected chi connectivity index (χ0v) is 19.3. The highest BCUT2D eigenvalue weighted by Gasteiger charge is 2.49. The summed E-state index contributed by atoms with van der Waals surface area (Å²) in [6, 6.07) is 17.0. The minimum atomic E-state index is -5.35. The second-order valence-electron chi connectivity index (χ2n) is 7.16. The Morgan fingerprint density at radius 1 is 0.829 bits per heavy atom. The van der Waals surface area contributed by atoms with Crippen molar-refractivity contribution >= 4 is 38.4 Å². The maximum atomic E-state index is 14.4. The van der Waals surface area contributed by atoms with Gasteiger partial charge in [0.25, 0.3) is 10.0 Å². The van der Waals surface area contributed by atoms with E-state index in [1.807, 2.05) is 0 Å². The third-order valence-corrected chi connectivity index (χ3v) is 6.60. The number of nitrogens with zero attached hydrogens (tertiary/aromatic N) is 3. The smallest absolute Gasteiger partial charge is 0.497 e. The van der Waals surface area contributed by atoms with Crippen molar-refractivity contribution in [1.29, 1.82) is 0 Å². The molecule has 0 aliphatic carbocycles. The van der Waals surface area contributed by atoms with Gasteiger partial charge in [-0.05, 0) is 24.3 Å². The van der Waals surface area contributed by atoms with Crippen molar-refractivity contribution in [2.75, 3.05) is 23.8 Å². The summed E-state index contributed by atoms with van der Waals surface area (Å²) in [4.78, 5) is 7.76. The quantitative estimate of drug-likeness (QED) is 0.350. The molecule has 1 aromatic heterocycles. The molecule has 0 unspecified atom stereocenters. The number of ether oxygens (including phenoxy) is 2. The number of anilines is 3. The Morgan fingerprint density at radius 2 is 1.37 bits per heavy atom. The largest absolute Gasteiger partial charge is 0.500 e. The molecule has 0 bridgehead atoms. The molecule has 0 aliphatic heterocycles. The second kappa shape index (κ2) is 9.29. The standard InChI is InChI=1S/C23H19F3N4O4S/c1-33-16-12-15(13-17(14-16)34-2)27-21-22(29-20-11-7-6-10-19(20)28-21)30(23(24,25)26)35(31,32)18-8-4-3-5-9-18/h3-14H,1-2H3,(H,27,28). The number of alkyl halides is 3. The predicted octanol–water partition coefficient (Wildman–Crippen LogP) is 5.11. The number of nitrogens with one attached hydrogen (secondary N) is 1. The molecule has 3 aromatic carbocycles. The average molecular weight is 504 g/mol. The van der Waals surface area contributed by atoms with Crippen molar-refractivity contribution in [1.82, 2.24) is 9.97 Å². The van der Waals surface area contributed by atoms with Crippen molar-refractivity contribution in [2.24, 2.45) is 0 Å². The van der Waals surface area contributed by atoms with Gasteiger partial charge in [0, 0.05) is 23.9 Å². The molecular weight excluding hydrogens is 485 g/mol. The molecule has 0 fully saturated rings. The average Bonchev–Trinajstić information content (AvgIpc) is 2.83. The summed E-state index contributed by atoms with van der Waals surface area (Å²) in [5.74, 6) is -0.670. The van der Waals surface area contributed by atoms with E-state index in [0.29, 0.717) is 11.5 Å². The van der Waals surface area contributed by atoms with Crippen LogP contribution in [0.15, 0.2) is 77.7 Å². The van der Waals surface area contributed by atoms with E-state index in [1.54, 1.807) is 24.3 Å². The molecule has 35 heavy (non-hydrogen) atoms. The molecule has 0 aliphatic rings. The summed E-state index contributed by atoms with van der Waals surface area (Å²) < 4.78 is 79.2. The topological polar surface area (TPSA) is 93.6 Å². The van der Waals surface area contributed by atoms with Gasteiger partial charge in [-0.2, -0.15) is 4.31 Å². The van der Waals surface area contributed by atoms with Crippen LogP contribution in [0.5, 0.6) is 11.5 Å². The monoisotopic (exact) mass is 504 g/mol. The highest BCUT2D eigenvalue weighted by Crippen LogP contribution is 2.39. The molecule has 4 rings (SSSR count). The van der Waals surface area contributed by atoms with Crippen molar-refractivity contribution in [3.05, 3.63) is 72.8 Å². The molecule has 0 atom stereocenters. The van der Waals surface area contributed by atoms with Crippen LogP contribution in [0.2, 0.25) is 0 Å². The summed E-state index contributed by atoms with van der Waals surface area (Å²) in [6.45, 7) is 0. The predicted molar refractivity (Wildman–Crippen MR) is 125 cm³/mol. The van der Waals surface area contributed by atoms with Crippen molar-refractivity contribution in [3.8, 4) is 11.5 Å². The molecule has 0 saturated heterocycles. The highest BCUT2D eigenvalue weighted by molar-refractivity contribution is 7.92. The van der Waals surface area contributed by atoms with Gasteiger partial charge in [-0.1, -0.05) is 30.3 Å². The molecule has 0 spiro atoms. The number of rotatable bonds is 7. The fourth-order valence-electron chi connectivity index (χ4n) is 3.30. The molecule has 12 heteroatoms. The molecule has 182 valence electrons. The van der Waals surface area contributed by atoms with Gasteiger partial charge in [-0.25, -0.2) is 18.4 Å². The van der Waals surface area contributed by atoms with Crippen molar-refractivity contribution in [3.63, 3.8) is 0 Å². The first-order chi connectivity index (χ1) is 16.6. The highest BCUT2D eigenvalue weighted by atomic mass is 32.2. The molecule has 1 N–H and O–H groups in total. The number of hydrogen-bond donors (Lipinski definition) is 1. The number of sulfonamides is 1. The van der Waals surface area contributed by atoms with Crippen LogP contribution in [0, 0.1) is 0 Å². The van der Waals surface area contributed by atoms with E-state index in [9.17, 15) is 21.6 Å². The molecule has 4 aromatic rings. The number of fused-ring (bicyclic) bond motifs is 1. The molecule has 8 nitrogen and oxygen atoms in total. The van der Waals surface area contributed by atoms with E-state index in [4.69, 9.17) is 9.47 Å². The zero-order chi connectivity index (χ0) is 25.2. The summed E-state index contributed by atoms with van der Waals surface area (Å²) in [7, 11) is -2.28. The van der Waals surface area contributed by atoms with Crippen LogP contribution in [-0.2, 0) is 10.0 Å². The van der Waals surface area contributed by atoms with Gasteiger partial charge in [-0.3, -0.25) is 0 Å². The van der Waals surface area contributed by atoms with Crippen LogP contribution in [0.4, 0.5) is 30.5 Å². The van der Waals surface area contributed by atoms with Gasteiger partial charge >= 0.3 is 6.30 Å². The Bertz CT molecular complexity index is 1440. The van der Waals surface area contributed by atoms with Crippen molar-refractivity contribution in [2.45, 2.75) is 11.2 Å². The molecular formula is C23H19F3N4O4S. The van der Waals surface area contributed by atoms with Gasteiger partial charge in [0.05, 0.1) is 30.1 Å². The summed E-state index contributed by atoms with van der Waals surface area (Å²) >= 11 is 0. The number of aromatic nitrogens is 2. The SMILES string of the molecule is COc1cc(Nc2nc3ccccc3nc2N(C(F)(F)F)S(=O)(=O)c2ccccc2)cc(OC)c1. The van der Waals surface area contributed by atoms with E-state index < -0.39 is 37.2 Å². The molecule has 0 saturated carbocycles. The fraction of sp³-hybridized carbons (Fsp3) is 0.130. The number of benzene rings is 3. The van der Waals surface area contributed by atoms with Gasteiger partial charge in [0.1, 0.15) is 11.5 Å². The Kier molecular flexibility index (Phi) is 6.39. The van der Waals surface area contributed by atoms with Crippen LogP contribution < -0.4 is 19.1 Å². The number of methoxy groups -OCH3 is 2. The first kappa shape index (κ1) is 24.1. The van der Waals surface area contributed by atoms with E-state index in [-0.39, 0.29) is 16.7 Å². The van der Waals surface area contributed by atoms with Crippen LogP contribution in [0.25, 0.3) is 11.0 Å². The minimum Gasteiger partial charge on any atom is -0.497 e. The summed E-state index contributed by atoms with van der Waals surface area (Å²) in [6.07, 6.45) is -5.35. The Labute approximate surface area is 199 Å². The molecule has 0 radical (unpaired) electrons. The maximum absolute atomic E-state index is 14.4. The third kappa shape index (κ3) is 4.92. The van der Waals surface area contributed by atoms with E-state index >= 15 is 0 Å². The Morgan fingerprint density at radius 3 is 1.91 bits per heavy atom. The normalized spacial score (nSPS) is 11.8. The number of halogens is 3. The van der Waals surface area contributed by atoms with Gasteiger partial charge in [0.2, 0.25) is 0 Å². The number of hydrogen-bond acceptors (Lipinski definition) is 7. The first-order valence-electron chi connectivity index (χ1n) is 10.1. The first-order valence-corrected chi connectivity index (χ1v) is 11.5. The zero-order valence-electron chi connectivity index (χ0n) is 18.4. The van der Waals surface area contributed by atoms with Gasteiger partial charge in [0.15, 0.2) is 11.6 Å². The summed E-state index contributed by atoms with van der Waals surface area (Å²) in [5, 5.41) is 2.75. The lowest BCUT2D eigenvalue weighted by Crippen LogP contribution is -2.44. The van der Waals surface area contributed by atoms with Crippen LogP contribution in [-0.4, -0.2) is 38.9 Å². The Balaban J connectivity index is 1.96. The lowest BCUT2D eigenvalue weighted by Gasteiger charge is -2.27. The molecule has 1 heterocycles. The van der Waals surface area contributed by atoms with Crippen LogP contribution >= 0.6 is 0 Å². The minimum absolute atomic E-state index is 0.0776. The van der Waals surface area contributed by atoms with Gasteiger partial charge in [-0.15, -0.1) is 13.2 Å². The molecule has 0 amide bonds. The lowest BCUT2D eigenvalue weighted by molar-refractivity contribution is -0.116. The fourth-order valence-corrected chi connectivity index (χ4v) is 4.64. The second-order valence-corrected chi connectivity index (χ2v) is 8.95. The van der Waals surface area contributed by atoms with E-state index in [1.165, 1.54) is 50.6 Å². The van der Waals surface area contributed by atoms with E-state index in [2.05, 4.69) is 15.3 Å². The van der Waals surface area contributed by atoms with Crippen molar-refractivity contribution < 1.29 is 31.1 Å². The summed E-state index contributed by atoms with van der Waals surface area (Å²) in [5.41, 5.74) is 0.577. The number of para-hydroxylation sites is 2. The van der Waals surface area contributed by atoms with Crippen LogP contribution in [0.3, 0.4) is 0 Å². The maximum Gasteiger partial charge on any atom is 0.500 e. The lowest BCUT2D eigenvalue weighted by atomic mass is 10.2. The van der Waals surface area contributed by atoms with Crippen LogP contribution in [0.1, 0.15) is 0 Å².